The van der Waals surface area contributed by atoms with Crippen LogP contribution in [0.1, 0.15) is 23.0 Å². The SMILES string of the molecule is CCN(CCN(C)C)C(=O)CNCc1cc(C=O)ccn1. The second-order valence-corrected chi connectivity index (χ2v) is 5.08. The number of aldehydes is 1. The van der Waals surface area contributed by atoms with Crippen LogP contribution < -0.4 is 5.32 Å². The van der Waals surface area contributed by atoms with Gasteiger partial charge in [0.1, 0.15) is 6.29 Å². The Morgan fingerprint density at radius 3 is 2.76 bits per heavy atom. The number of carbonyl (C=O) groups excluding carboxylic acids is 2. The van der Waals surface area contributed by atoms with Crippen LogP contribution >= 0.6 is 0 Å². The van der Waals surface area contributed by atoms with E-state index >= 15 is 0 Å². The number of hydrogen-bond acceptors (Lipinski definition) is 5. The average Bonchev–Trinajstić information content (AvgIpc) is 2.48. The molecule has 0 atom stereocenters. The van der Waals surface area contributed by atoms with E-state index in [1.54, 1.807) is 18.3 Å². The minimum atomic E-state index is 0.0749. The number of carbonyl (C=O) groups is 2. The molecule has 1 rings (SSSR count). The summed E-state index contributed by atoms with van der Waals surface area (Å²) in [4.78, 5) is 30.8. The van der Waals surface area contributed by atoms with Crippen LogP contribution in [0.4, 0.5) is 0 Å². The third-order valence-corrected chi connectivity index (χ3v) is 3.11. The van der Waals surface area contributed by atoms with E-state index in [-0.39, 0.29) is 12.5 Å². The van der Waals surface area contributed by atoms with Gasteiger partial charge in [-0.2, -0.15) is 0 Å². The first-order valence-electron chi connectivity index (χ1n) is 7.10. The van der Waals surface area contributed by atoms with Gasteiger partial charge in [0, 0.05) is 37.9 Å². The van der Waals surface area contributed by atoms with E-state index in [2.05, 4.69) is 15.2 Å². The molecule has 0 fully saturated rings. The molecule has 0 unspecified atom stereocenters. The first-order chi connectivity index (χ1) is 10.1. The normalized spacial score (nSPS) is 10.7. The van der Waals surface area contributed by atoms with E-state index < -0.39 is 0 Å². The Morgan fingerprint density at radius 2 is 2.14 bits per heavy atom. The first-order valence-corrected chi connectivity index (χ1v) is 7.10. The van der Waals surface area contributed by atoms with E-state index in [0.717, 1.165) is 25.1 Å². The largest absolute Gasteiger partial charge is 0.341 e. The van der Waals surface area contributed by atoms with Crippen molar-refractivity contribution in [2.75, 3.05) is 40.3 Å². The lowest BCUT2D eigenvalue weighted by molar-refractivity contribution is -0.130. The lowest BCUT2D eigenvalue weighted by Gasteiger charge is -2.23. The van der Waals surface area contributed by atoms with Crippen LogP contribution in [-0.2, 0) is 11.3 Å². The molecule has 1 aromatic heterocycles. The van der Waals surface area contributed by atoms with Crippen molar-refractivity contribution in [2.45, 2.75) is 13.5 Å². The smallest absolute Gasteiger partial charge is 0.236 e. The number of nitrogens with one attached hydrogen (secondary N) is 1. The van der Waals surface area contributed by atoms with E-state index in [0.29, 0.717) is 18.7 Å². The molecular weight excluding hydrogens is 268 g/mol. The minimum Gasteiger partial charge on any atom is -0.341 e. The van der Waals surface area contributed by atoms with Crippen molar-refractivity contribution in [3.63, 3.8) is 0 Å². The third kappa shape index (κ3) is 6.46. The highest BCUT2D eigenvalue weighted by Gasteiger charge is 2.11. The van der Waals surface area contributed by atoms with Gasteiger partial charge in [-0.3, -0.25) is 14.6 Å². The van der Waals surface area contributed by atoms with Gasteiger partial charge in [-0.1, -0.05) is 0 Å². The van der Waals surface area contributed by atoms with E-state index in [4.69, 9.17) is 0 Å². The summed E-state index contributed by atoms with van der Waals surface area (Å²) < 4.78 is 0. The molecule has 0 aliphatic heterocycles. The molecule has 0 bridgehead atoms. The zero-order chi connectivity index (χ0) is 15.7. The van der Waals surface area contributed by atoms with Crippen molar-refractivity contribution in [1.82, 2.24) is 20.1 Å². The summed E-state index contributed by atoms with van der Waals surface area (Å²) in [6.07, 6.45) is 2.38. The Bertz CT molecular complexity index is 463. The summed E-state index contributed by atoms with van der Waals surface area (Å²) in [5, 5.41) is 3.07. The second kappa shape index (κ2) is 9.20. The van der Waals surface area contributed by atoms with Crippen LogP contribution in [-0.4, -0.2) is 67.3 Å². The molecule has 0 aliphatic rings. The van der Waals surface area contributed by atoms with E-state index in [1.807, 2.05) is 25.9 Å². The summed E-state index contributed by atoms with van der Waals surface area (Å²) in [6.45, 7) is 4.99. The summed E-state index contributed by atoms with van der Waals surface area (Å²) >= 11 is 0. The molecule has 21 heavy (non-hydrogen) atoms. The minimum absolute atomic E-state index is 0.0749. The van der Waals surface area contributed by atoms with E-state index in [1.165, 1.54) is 0 Å². The Kier molecular flexibility index (Phi) is 7.56. The van der Waals surface area contributed by atoms with Gasteiger partial charge in [0.05, 0.1) is 12.2 Å². The maximum Gasteiger partial charge on any atom is 0.236 e. The number of amides is 1. The fourth-order valence-electron chi connectivity index (χ4n) is 1.86. The van der Waals surface area contributed by atoms with Crippen LogP contribution in [0.5, 0.6) is 0 Å². The molecule has 0 saturated carbocycles. The Labute approximate surface area is 126 Å². The average molecular weight is 292 g/mol. The van der Waals surface area contributed by atoms with Gasteiger partial charge >= 0.3 is 0 Å². The molecule has 1 aromatic rings. The third-order valence-electron chi connectivity index (χ3n) is 3.11. The molecule has 6 nitrogen and oxygen atoms in total. The van der Waals surface area contributed by atoms with Gasteiger partial charge in [0.15, 0.2) is 0 Å². The number of likely N-dealkylation sites (N-methyl/N-ethyl adjacent to an activating group) is 2. The molecule has 6 heteroatoms. The molecule has 116 valence electrons. The van der Waals surface area contributed by atoms with Gasteiger partial charge in [0.2, 0.25) is 5.91 Å². The van der Waals surface area contributed by atoms with Gasteiger partial charge in [-0.05, 0) is 33.2 Å². The maximum atomic E-state index is 12.1. The number of nitrogens with zero attached hydrogens (tertiary/aromatic N) is 3. The van der Waals surface area contributed by atoms with E-state index in [9.17, 15) is 9.59 Å². The number of rotatable bonds is 9. The van der Waals surface area contributed by atoms with Crippen LogP contribution in [0.15, 0.2) is 18.3 Å². The first kappa shape index (κ1) is 17.3. The number of hydrogen-bond donors (Lipinski definition) is 1. The lowest BCUT2D eigenvalue weighted by Crippen LogP contribution is -2.41. The molecule has 1 N–H and O–H groups in total. The zero-order valence-corrected chi connectivity index (χ0v) is 13.0. The molecule has 0 saturated heterocycles. The van der Waals surface area contributed by atoms with Gasteiger partial charge < -0.3 is 15.1 Å². The highest BCUT2D eigenvalue weighted by Crippen LogP contribution is 1.98. The van der Waals surface area contributed by atoms with Crippen molar-refractivity contribution in [3.05, 3.63) is 29.6 Å². The zero-order valence-electron chi connectivity index (χ0n) is 13.0. The molecule has 1 heterocycles. The summed E-state index contributed by atoms with van der Waals surface area (Å²) in [7, 11) is 3.98. The summed E-state index contributed by atoms with van der Waals surface area (Å²) in [5.41, 5.74) is 1.35. The molecule has 0 spiro atoms. The van der Waals surface area contributed by atoms with Crippen LogP contribution in [0.25, 0.3) is 0 Å². The topological polar surface area (TPSA) is 65.5 Å². The monoisotopic (exact) mass is 292 g/mol. The maximum absolute atomic E-state index is 12.1. The van der Waals surface area contributed by atoms with Gasteiger partial charge in [-0.15, -0.1) is 0 Å². The van der Waals surface area contributed by atoms with Crippen LogP contribution in [0.2, 0.25) is 0 Å². The number of aromatic nitrogens is 1. The Morgan fingerprint density at radius 1 is 1.38 bits per heavy atom. The highest BCUT2D eigenvalue weighted by atomic mass is 16.2. The molecular formula is C15H24N4O2. The number of pyridine rings is 1. The van der Waals surface area contributed by atoms with Crippen molar-refractivity contribution < 1.29 is 9.59 Å². The summed E-state index contributed by atoms with van der Waals surface area (Å²) in [5.74, 6) is 0.0749. The Balaban J connectivity index is 2.39. The molecule has 1 amide bonds. The quantitative estimate of drug-likeness (QED) is 0.667. The Hall–Kier alpha value is -1.79. The highest BCUT2D eigenvalue weighted by molar-refractivity contribution is 5.78. The predicted octanol–water partition coefficient (Wildman–Crippen LogP) is 0.394. The van der Waals surface area contributed by atoms with Crippen LogP contribution in [0.3, 0.4) is 0 Å². The summed E-state index contributed by atoms with van der Waals surface area (Å²) in [6, 6.07) is 3.37. The van der Waals surface area contributed by atoms with Crippen molar-refractivity contribution in [2.24, 2.45) is 0 Å². The lowest BCUT2D eigenvalue weighted by atomic mass is 10.2. The second-order valence-electron chi connectivity index (χ2n) is 5.08. The molecule has 0 aliphatic carbocycles. The standard InChI is InChI=1S/C15H24N4O2/c1-4-19(8-7-18(2)3)15(21)11-16-10-14-9-13(12-20)5-6-17-14/h5-6,9,12,16H,4,7-8,10-11H2,1-3H3. The fraction of sp³-hybridized carbons (Fsp3) is 0.533. The fourth-order valence-corrected chi connectivity index (χ4v) is 1.86. The van der Waals surface area contributed by atoms with Crippen molar-refractivity contribution >= 4 is 12.2 Å². The van der Waals surface area contributed by atoms with Gasteiger partial charge in [-0.25, -0.2) is 0 Å². The van der Waals surface area contributed by atoms with Crippen molar-refractivity contribution in [1.29, 1.82) is 0 Å². The van der Waals surface area contributed by atoms with Crippen LogP contribution in [0, 0.1) is 0 Å². The molecule has 0 aromatic carbocycles. The van der Waals surface area contributed by atoms with Gasteiger partial charge in [0.25, 0.3) is 0 Å². The predicted molar refractivity (Wildman–Crippen MR) is 82.1 cm³/mol. The van der Waals surface area contributed by atoms with Crippen molar-refractivity contribution in [3.8, 4) is 0 Å². The molecule has 0 radical (unpaired) electrons.